The van der Waals surface area contributed by atoms with Crippen molar-refractivity contribution in [3.63, 3.8) is 0 Å². The number of nitriles is 1. The lowest BCUT2D eigenvalue weighted by Crippen LogP contribution is -2.25. The van der Waals surface area contributed by atoms with Gasteiger partial charge in [-0.2, -0.15) is 10.4 Å². The van der Waals surface area contributed by atoms with E-state index in [0.29, 0.717) is 40.2 Å². The van der Waals surface area contributed by atoms with Crippen molar-refractivity contribution in [1.82, 2.24) is 30.0 Å². The molecule has 0 saturated heterocycles. The Hall–Kier alpha value is -3.35. The molecule has 0 aliphatic heterocycles. The highest BCUT2D eigenvalue weighted by Gasteiger charge is 2.18. The number of nitrogens with zero attached hydrogens (tertiary/aromatic N) is 5. The largest absolute Gasteiger partial charge is 0.374 e. The fraction of sp³-hybridized carbons (Fsp3) is 0.263. The highest BCUT2D eigenvalue weighted by atomic mass is 19.1. The number of H-pyrrole nitrogens is 1. The summed E-state index contributed by atoms with van der Waals surface area (Å²) in [7, 11) is 1.74. The van der Waals surface area contributed by atoms with E-state index in [1.54, 1.807) is 37.1 Å². The van der Waals surface area contributed by atoms with Crippen LogP contribution in [0.25, 0.3) is 33.5 Å². The molecule has 0 aliphatic carbocycles. The third-order valence-corrected chi connectivity index (χ3v) is 4.60. The van der Waals surface area contributed by atoms with Gasteiger partial charge in [-0.3, -0.25) is 10.00 Å². The first-order chi connectivity index (χ1) is 13.5. The van der Waals surface area contributed by atoms with Crippen LogP contribution in [-0.4, -0.2) is 36.4 Å². The Morgan fingerprint density at radius 1 is 1.43 bits per heavy atom. The molecule has 9 heteroatoms. The van der Waals surface area contributed by atoms with Crippen LogP contribution in [0.15, 0.2) is 30.6 Å². The van der Waals surface area contributed by atoms with Crippen molar-refractivity contribution < 1.29 is 9.50 Å². The van der Waals surface area contributed by atoms with Crippen LogP contribution in [0.1, 0.15) is 18.7 Å². The summed E-state index contributed by atoms with van der Waals surface area (Å²) in [6, 6.07) is 6.57. The zero-order valence-corrected chi connectivity index (χ0v) is 15.3. The normalized spacial score (nSPS) is 13.7. The molecular weight excluding hydrogens is 361 g/mol. The van der Waals surface area contributed by atoms with Gasteiger partial charge < -0.3 is 10.1 Å². The van der Waals surface area contributed by atoms with Gasteiger partial charge in [-0.25, -0.2) is 14.4 Å². The smallest absolute Gasteiger partial charge is 0.156 e. The Balaban J connectivity index is 1.75. The van der Waals surface area contributed by atoms with E-state index < -0.39 is 6.23 Å². The van der Waals surface area contributed by atoms with Crippen molar-refractivity contribution in [2.45, 2.75) is 13.2 Å². The van der Waals surface area contributed by atoms with Crippen molar-refractivity contribution in [2.24, 2.45) is 13.0 Å². The first-order valence-electron chi connectivity index (χ1n) is 8.75. The standard InChI is InChI=1S/C19H18FN7O/c1-10(6-21)7-24-19(28)13-8-22-18-17(13)25-14(9-23-18)16-12-4-3-11(20)5-15(12)27(2)26-16/h3-5,8-10,19,24,28H,7H2,1-2H3,(H,22,23)/t10-,19?/m0/s1. The maximum absolute atomic E-state index is 13.6. The minimum absolute atomic E-state index is 0.234. The molecule has 1 unspecified atom stereocenters. The van der Waals surface area contributed by atoms with E-state index in [1.807, 2.05) is 0 Å². The first-order valence-corrected chi connectivity index (χ1v) is 8.75. The average Bonchev–Trinajstić information content (AvgIpc) is 3.26. The number of aromatic amines is 1. The molecule has 3 heterocycles. The number of hydrogen-bond donors (Lipinski definition) is 3. The van der Waals surface area contributed by atoms with Crippen LogP contribution in [0.3, 0.4) is 0 Å². The molecule has 2 atom stereocenters. The Morgan fingerprint density at radius 3 is 3.04 bits per heavy atom. The van der Waals surface area contributed by atoms with Crippen LogP contribution in [0.2, 0.25) is 0 Å². The maximum Gasteiger partial charge on any atom is 0.156 e. The maximum atomic E-state index is 13.6. The Labute approximate surface area is 159 Å². The lowest BCUT2D eigenvalue weighted by atomic mass is 10.1. The van der Waals surface area contributed by atoms with E-state index in [0.717, 1.165) is 5.39 Å². The molecule has 3 N–H and O–H groups in total. The van der Waals surface area contributed by atoms with E-state index in [2.05, 4.69) is 31.4 Å². The van der Waals surface area contributed by atoms with Crippen LogP contribution in [-0.2, 0) is 7.05 Å². The molecule has 4 rings (SSSR count). The van der Waals surface area contributed by atoms with E-state index >= 15 is 0 Å². The number of fused-ring (bicyclic) bond motifs is 2. The molecule has 0 radical (unpaired) electrons. The monoisotopic (exact) mass is 379 g/mol. The number of aryl methyl sites for hydroxylation is 1. The average molecular weight is 379 g/mol. The molecule has 0 fully saturated rings. The quantitative estimate of drug-likeness (QED) is 0.459. The van der Waals surface area contributed by atoms with Gasteiger partial charge in [0.25, 0.3) is 0 Å². The molecule has 0 bridgehead atoms. The molecule has 142 valence electrons. The second-order valence-corrected chi connectivity index (χ2v) is 6.67. The second kappa shape index (κ2) is 6.99. The topological polar surface area (TPSA) is 115 Å². The number of halogens is 1. The Bertz CT molecular complexity index is 1210. The van der Waals surface area contributed by atoms with Gasteiger partial charge in [0.2, 0.25) is 0 Å². The molecular formula is C19H18FN7O. The van der Waals surface area contributed by atoms with Crippen molar-refractivity contribution in [3.8, 4) is 17.5 Å². The number of rotatable bonds is 5. The van der Waals surface area contributed by atoms with E-state index in [1.165, 1.54) is 12.1 Å². The zero-order valence-electron chi connectivity index (χ0n) is 15.3. The minimum atomic E-state index is -0.997. The molecule has 0 amide bonds. The van der Waals surface area contributed by atoms with Gasteiger partial charge in [-0.1, -0.05) is 0 Å². The van der Waals surface area contributed by atoms with Gasteiger partial charge in [-0.05, 0) is 25.1 Å². The third-order valence-electron chi connectivity index (χ3n) is 4.60. The van der Waals surface area contributed by atoms with Crippen molar-refractivity contribution in [2.75, 3.05) is 6.54 Å². The summed E-state index contributed by atoms with van der Waals surface area (Å²) in [6.45, 7) is 2.11. The van der Waals surface area contributed by atoms with E-state index in [4.69, 9.17) is 5.26 Å². The lowest BCUT2D eigenvalue weighted by Gasteiger charge is -2.12. The van der Waals surface area contributed by atoms with Crippen molar-refractivity contribution in [1.29, 1.82) is 5.26 Å². The summed E-state index contributed by atoms with van der Waals surface area (Å²) in [6.07, 6.45) is 2.23. The number of benzene rings is 1. The van der Waals surface area contributed by atoms with Gasteiger partial charge in [-0.15, -0.1) is 0 Å². The molecule has 4 aromatic rings. The lowest BCUT2D eigenvalue weighted by molar-refractivity contribution is 0.138. The van der Waals surface area contributed by atoms with Crippen LogP contribution in [0.4, 0.5) is 4.39 Å². The van der Waals surface area contributed by atoms with Crippen molar-refractivity contribution >= 4 is 22.1 Å². The Kier molecular flexibility index (Phi) is 4.50. The van der Waals surface area contributed by atoms with Crippen LogP contribution in [0, 0.1) is 23.1 Å². The zero-order chi connectivity index (χ0) is 19.8. The number of aliphatic hydroxyl groups excluding tert-OH is 1. The number of hydrogen-bond acceptors (Lipinski definition) is 6. The highest BCUT2D eigenvalue weighted by molar-refractivity contribution is 5.93. The summed E-state index contributed by atoms with van der Waals surface area (Å²) in [4.78, 5) is 12.0. The summed E-state index contributed by atoms with van der Waals surface area (Å²) in [5.74, 6) is -0.570. The van der Waals surface area contributed by atoms with Gasteiger partial charge >= 0.3 is 0 Å². The SMILES string of the molecule is C[C@@H](C#N)CNC(O)c1c[nH]c2ncc(-c3nn(C)c4cc(F)ccc34)nc12. The van der Waals surface area contributed by atoms with Crippen LogP contribution >= 0.6 is 0 Å². The third kappa shape index (κ3) is 3.09. The summed E-state index contributed by atoms with van der Waals surface area (Å²) < 4.78 is 15.2. The minimum Gasteiger partial charge on any atom is -0.374 e. The predicted octanol–water partition coefficient (Wildman–Crippen LogP) is 2.39. The van der Waals surface area contributed by atoms with Gasteiger partial charge in [0.15, 0.2) is 5.65 Å². The van der Waals surface area contributed by atoms with E-state index in [9.17, 15) is 9.50 Å². The van der Waals surface area contributed by atoms with Crippen LogP contribution < -0.4 is 5.32 Å². The number of nitrogens with one attached hydrogen (secondary N) is 2. The summed E-state index contributed by atoms with van der Waals surface area (Å²) >= 11 is 0. The number of aromatic nitrogens is 5. The second-order valence-electron chi connectivity index (χ2n) is 6.67. The molecule has 3 aromatic heterocycles. The first kappa shape index (κ1) is 18.0. The number of aliphatic hydroxyl groups is 1. The molecule has 28 heavy (non-hydrogen) atoms. The summed E-state index contributed by atoms with van der Waals surface area (Å²) in [5.41, 5.74) is 3.31. The summed E-state index contributed by atoms with van der Waals surface area (Å²) in [5, 5.41) is 27.5. The Morgan fingerprint density at radius 2 is 2.25 bits per heavy atom. The van der Waals surface area contributed by atoms with Gasteiger partial charge in [0, 0.05) is 30.7 Å². The van der Waals surface area contributed by atoms with Gasteiger partial charge in [0.1, 0.15) is 28.9 Å². The molecule has 8 nitrogen and oxygen atoms in total. The molecule has 0 aliphatic rings. The van der Waals surface area contributed by atoms with Crippen LogP contribution in [0.5, 0.6) is 0 Å². The molecule has 0 saturated carbocycles. The predicted molar refractivity (Wildman–Crippen MR) is 101 cm³/mol. The van der Waals surface area contributed by atoms with Crippen molar-refractivity contribution in [3.05, 3.63) is 42.0 Å². The fourth-order valence-corrected chi connectivity index (χ4v) is 3.10. The molecule has 1 aromatic carbocycles. The fourth-order valence-electron chi connectivity index (χ4n) is 3.10. The highest BCUT2D eigenvalue weighted by Crippen LogP contribution is 2.29. The van der Waals surface area contributed by atoms with E-state index in [-0.39, 0.29) is 11.7 Å². The molecule has 0 spiro atoms. The van der Waals surface area contributed by atoms with Gasteiger partial charge in [0.05, 0.1) is 23.7 Å².